The number of rotatable bonds is 0. The standard InChI is InChI=1S/C9H19NO/c1-9(2,3)10(11)7-5-4-6-8-10/h4-8H2,1-3H3. The van der Waals surface area contributed by atoms with E-state index in [-0.39, 0.29) is 10.2 Å². The van der Waals surface area contributed by atoms with Gasteiger partial charge in [0.05, 0.1) is 18.6 Å². The van der Waals surface area contributed by atoms with Gasteiger partial charge in [0.2, 0.25) is 0 Å². The minimum absolute atomic E-state index is 0.0208. The number of hydroxylamine groups is 3. The fourth-order valence-corrected chi connectivity index (χ4v) is 1.69. The number of hydrogen-bond donors (Lipinski definition) is 0. The first kappa shape index (κ1) is 9.01. The number of hydrogen-bond acceptors (Lipinski definition) is 1. The Hall–Kier alpha value is -0.0800. The Balaban J connectivity index is 2.64. The van der Waals surface area contributed by atoms with Crippen LogP contribution in [0.2, 0.25) is 0 Å². The topological polar surface area (TPSA) is 23.1 Å². The zero-order chi connectivity index (χ0) is 8.54. The van der Waals surface area contributed by atoms with Gasteiger partial charge in [-0.3, -0.25) is 0 Å². The van der Waals surface area contributed by atoms with Gasteiger partial charge in [-0.15, -0.1) is 0 Å². The zero-order valence-electron chi connectivity index (χ0n) is 7.89. The van der Waals surface area contributed by atoms with Crippen LogP contribution >= 0.6 is 0 Å². The molecule has 11 heavy (non-hydrogen) atoms. The average molecular weight is 157 g/mol. The van der Waals surface area contributed by atoms with Crippen molar-refractivity contribution in [2.24, 2.45) is 0 Å². The summed E-state index contributed by atoms with van der Waals surface area (Å²) in [6, 6.07) is 0. The van der Waals surface area contributed by atoms with Gasteiger partial charge in [0.15, 0.2) is 0 Å². The van der Waals surface area contributed by atoms with Gasteiger partial charge in [0, 0.05) is 0 Å². The Labute approximate surface area is 69.4 Å². The summed E-state index contributed by atoms with van der Waals surface area (Å²) in [5.74, 6) is 0. The third kappa shape index (κ3) is 1.74. The van der Waals surface area contributed by atoms with Gasteiger partial charge in [-0.25, -0.2) is 0 Å². The number of likely N-dealkylation sites (tertiary alicyclic amines) is 1. The Bertz CT molecular complexity index is 131. The van der Waals surface area contributed by atoms with Crippen LogP contribution in [0.25, 0.3) is 0 Å². The highest BCUT2D eigenvalue weighted by atomic mass is 16.6. The number of nitrogens with zero attached hydrogens (tertiary/aromatic N) is 1. The molecule has 0 aromatic heterocycles. The van der Waals surface area contributed by atoms with Crippen molar-refractivity contribution in [1.29, 1.82) is 0 Å². The smallest absolute Gasteiger partial charge is 0.0904 e. The Morgan fingerprint density at radius 2 is 1.45 bits per heavy atom. The second-order valence-electron chi connectivity index (χ2n) is 4.57. The number of quaternary nitrogens is 1. The third-order valence-electron chi connectivity index (χ3n) is 2.76. The van der Waals surface area contributed by atoms with Gasteiger partial charge in [-0.1, -0.05) is 0 Å². The highest BCUT2D eigenvalue weighted by molar-refractivity contribution is 4.67. The van der Waals surface area contributed by atoms with Crippen molar-refractivity contribution in [2.75, 3.05) is 13.1 Å². The van der Waals surface area contributed by atoms with E-state index < -0.39 is 0 Å². The predicted molar refractivity (Wildman–Crippen MR) is 47.0 cm³/mol. The summed E-state index contributed by atoms with van der Waals surface area (Å²) in [7, 11) is 0. The maximum absolute atomic E-state index is 12.1. The van der Waals surface area contributed by atoms with Gasteiger partial charge in [-0.05, 0) is 40.0 Å². The molecule has 0 bridgehead atoms. The van der Waals surface area contributed by atoms with Gasteiger partial charge in [0.1, 0.15) is 0 Å². The molecule has 2 heteroatoms. The molecular formula is C9H19NO. The molecule has 1 aliphatic rings. The molecule has 0 aliphatic carbocycles. The Kier molecular flexibility index (Phi) is 2.26. The van der Waals surface area contributed by atoms with Crippen molar-refractivity contribution in [3.63, 3.8) is 0 Å². The van der Waals surface area contributed by atoms with Crippen LogP contribution in [0.4, 0.5) is 0 Å². The summed E-state index contributed by atoms with van der Waals surface area (Å²) in [6.45, 7) is 7.79. The SMILES string of the molecule is CC(C)(C)[N+]1([O-])CCCCC1. The molecule has 0 aromatic rings. The van der Waals surface area contributed by atoms with Crippen molar-refractivity contribution in [2.45, 2.75) is 45.6 Å². The molecule has 2 nitrogen and oxygen atoms in total. The summed E-state index contributed by atoms with van der Waals surface area (Å²) >= 11 is 0. The summed E-state index contributed by atoms with van der Waals surface area (Å²) in [5, 5.41) is 12.1. The van der Waals surface area contributed by atoms with Crippen LogP contribution in [0.15, 0.2) is 0 Å². The lowest BCUT2D eigenvalue weighted by Crippen LogP contribution is -2.58. The van der Waals surface area contributed by atoms with Crippen molar-refractivity contribution in [3.05, 3.63) is 5.21 Å². The maximum Gasteiger partial charge on any atom is 0.0904 e. The molecule has 1 heterocycles. The molecule has 1 saturated heterocycles. The first-order valence-corrected chi connectivity index (χ1v) is 4.54. The minimum Gasteiger partial charge on any atom is -0.632 e. The Morgan fingerprint density at radius 1 is 1.00 bits per heavy atom. The molecule has 1 rings (SSSR count). The molecule has 0 amide bonds. The van der Waals surface area contributed by atoms with E-state index in [0.29, 0.717) is 0 Å². The molecule has 1 fully saturated rings. The minimum atomic E-state index is -0.111. The lowest BCUT2D eigenvalue weighted by atomic mass is 10.00. The van der Waals surface area contributed by atoms with Crippen LogP contribution in [0.1, 0.15) is 40.0 Å². The summed E-state index contributed by atoms with van der Waals surface area (Å²) < 4.78 is 0.0208. The van der Waals surface area contributed by atoms with E-state index in [2.05, 4.69) is 0 Å². The van der Waals surface area contributed by atoms with Crippen LogP contribution in [-0.2, 0) is 0 Å². The van der Waals surface area contributed by atoms with E-state index in [1.807, 2.05) is 20.8 Å². The lowest BCUT2D eigenvalue weighted by molar-refractivity contribution is -0.930. The van der Waals surface area contributed by atoms with Gasteiger partial charge >= 0.3 is 0 Å². The van der Waals surface area contributed by atoms with Crippen LogP contribution in [0.3, 0.4) is 0 Å². The van der Waals surface area contributed by atoms with Crippen molar-refractivity contribution >= 4 is 0 Å². The van der Waals surface area contributed by atoms with Gasteiger partial charge < -0.3 is 9.85 Å². The average Bonchev–Trinajstić information content (AvgIpc) is 1.87. The van der Waals surface area contributed by atoms with E-state index in [1.54, 1.807) is 0 Å². The summed E-state index contributed by atoms with van der Waals surface area (Å²) in [6.07, 6.45) is 3.47. The highest BCUT2D eigenvalue weighted by Gasteiger charge is 2.33. The Morgan fingerprint density at radius 3 is 1.73 bits per heavy atom. The van der Waals surface area contributed by atoms with Gasteiger partial charge in [-0.2, -0.15) is 0 Å². The fourth-order valence-electron chi connectivity index (χ4n) is 1.69. The predicted octanol–water partition coefficient (Wildman–Crippen LogP) is 2.28. The van der Waals surface area contributed by atoms with Gasteiger partial charge in [0.25, 0.3) is 0 Å². The highest BCUT2D eigenvalue weighted by Crippen LogP contribution is 2.28. The monoisotopic (exact) mass is 157 g/mol. The molecule has 0 atom stereocenters. The second-order valence-corrected chi connectivity index (χ2v) is 4.57. The van der Waals surface area contributed by atoms with Crippen molar-refractivity contribution in [3.8, 4) is 0 Å². The van der Waals surface area contributed by atoms with Crippen LogP contribution < -0.4 is 0 Å². The lowest BCUT2D eigenvalue weighted by Gasteiger charge is -2.54. The molecule has 0 radical (unpaired) electrons. The van der Waals surface area contributed by atoms with E-state index in [4.69, 9.17) is 0 Å². The normalized spacial score (nSPS) is 25.1. The van der Waals surface area contributed by atoms with Crippen LogP contribution in [-0.4, -0.2) is 23.3 Å². The molecule has 0 saturated carbocycles. The molecule has 0 N–H and O–H groups in total. The van der Waals surface area contributed by atoms with Crippen molar-refractivity contribution in [1.82, 2.24) is 0 Å². The second kappa shape index (κ2) is 2.76. The fraction of sp³-hybridized carbons (Fsp3) is 1.00. The molecule has 66 valence electrons. The maximum atomic E-state index is 12.1. The van der Waals surface area contributed by atoms with E-state index in [0.717, 1.165) is 25.9 Å². The molecule has 1 aliphatic heterocycles. The summed E-state index contributed by atoms with van der Waals surface area (Å²) in [4.78, 5) is 0. The molecule has 0 unspecified atom stereocenters. The number of piperidine rings is 1. The first-order chi connectivity index (χ1) is 4.96. The molecule has 0 spiro atoms. The molecular weight excluding hydrogens is 138 g/mol. The van der Waals surface area contributed by atoms with Crippen LogP contribution in [0, 0.1) is 5.21 Å². The zero-order valence-corrected chi connectivity index (χ0v) is 7.89. The quantitative estimate of drug-likeness (QED) is 0.391. The van der Waals surface area contributed by atoms with E-state index in [9.17, 15) is 5.21 Å². The molecule has 0 aromatic carbocycles. The van der Waals surface area contributed by atoms with Crippen molar-refractivity contribution < 1.29 is 4.65 Å². The summed E-state index contributed by atoms with van der Waals surface area (Å²) in [5.41, 5.74) is -0.111. The van der Waals surface area contributed by atoms with E-state index >= 15 is 0 Å². The van der Waals surface area contributed by atoms with Crippen LogP contribution in [0.5, 0.6) is 0 Å². The third-order valence-corrected chi connectivity index (χ3v) is 2.76. The largest absolute Gasteiger partial charge is 0.632 e. The van der Waals surface area contributed by atoms with E-state index in [1.165, 1.54) is 6.42 Å². The first-order valence-electron chi connectivity index (χ1n) is 4.54.